The third kappa shape index (κ3) is 2.28. The van der Waals surface area contributed by atoms with Gasteiger partial charge in [0.1, 0.15) is 12.3 Å². The van der Waals surface area contributed by atoms with Crippen molar-refractivity contribution in [1.29, 1.82) is 0 Å². The molecule has 1 fully saturated rings. The van der Waals surface area contributed by atoms with Crippen LogP contribution in [-0.2, 0) is 12.0 Å². The van der Waals surface area contributed by atoms with Gasteiger partial charge in [-0.15, -0.1) is 11.8 Å². The SMILES string of the molecule is CNC(C1CCC1)C(O)(CF)c1ccc2c(c1)SCC2. The number of aryl methyl sites for hydroxylation is 1. The molecule has 1 heterocycles. The molecule has 2 N–H and O–H groups in total. The maximum atomic E-state index is 13.7. The molecule has 0 aromatic heterocycles. The van der Waals surface area contributed by atoms with Gasteiger partial charge in [-0.25, -0.2) is 4.39 Å². The zero-order chi connectivity index (χ0) is 14.2. The van der Waals surface area contributed by atoms with Crippen LogP contribution < -0.4 is 5.32 Å². The van der Waals surface area contributed by atoms with Gasteiger partial charge in [-0.2, -0.15) is 0 Å². The van der Waals surface area contributed by atoms with Gasteiger partial charge in [-0.05, 0) is 49.4 Å². The minimum absolute atomic E-state index is 0.203. The first-order valence-electron chi connectivity index (χ1n) is 7.41. The summed E-state index contributed by atoms with van der Waals surface area (Å²) in [6, 6.07) is 5.76. The molecule has 110 valence electrons. The number of alkyl halides is 1. The maximum absolute atomic E-state index is 13.7. The quantitative estimate of drug-likeness (QED) is 0.876. The van der Waals surface area contributed by atoms with Crippen LogP contribution in [0.2, 0.25) is 0 Å². The molecule has 0 radical (unpaired) electrons. The zero-order valence-electron chi connectivity index (χ0n) is 11.9. The van der Waals surface area contributed by atoms with Gasteiger partial charge in [0, 0.05) is 16.7 Å². The minimum Gasteiger partial charge on any atom is -0.381 e. The van der Waals surface area contributed by atoms with Gasteiger partial charge < -0.3 is 10.4 Å². The second-order valence-electron chi connectivity index (χ2n) is 5.94. The number of benzene rings is 1. The fraction of sp³-hybridized carbons (Fsp3) is 0.625. The second-order valence-corrected chi connectivity index (χ2v) is 7.07. The minimum atomic E-state index is -1.40. The van der Waals surface area contributed by atoms with Crippen molar-refractivity contribution in [2.45, 2.75) is 42.2 Å². The van der Waals surface area contributed by atoms with E-state index in [1.165, 1.54) is 16.9 Å². The van der Waals surface area contributed by atoms with E-state index in [0.717, 1.165) is 30.6 Å². The molecule has 1 aliphatic heterocycles. The summed E-state index contributed by atoms with van der Waals surface area (Å²) in [6.07, 6.45) is 4.42. The molecule has 0 bridgehead atoms. The molecule has 1 saturated carbocycles. The predicted molar refractivity (Wildman–Crippen MR) is 80.9 cm³/mol. The van der Waals surface area contributed by atoms with Crippen molar-refractivity contribution in [2.24, 2.45) is 5.92 Å². The monoisotopic (exact) mass is 295 g/mol. The molecule has 2 unspecified atom stereocenters. The highest BCUT2D eigenvalue weighted by Crippen LogP contribution is 2.41. The lowest BCUT2D eigenvalue weighted by atomic mass is 9.71. The van der Waals surface area contributed by atoms with Crippen molar-refractivity contribution in [1.82, 2.24) is 5.32 Å². The average Bonchev–Trinajstić information content (AvgIpc) is 2.89. The van der Waals surface area contributed by atoms with Crippen molar-refractivity contribution in [3.8, 4) is 0 Å². The van der Waals surface area contributed by atoms with E-state index in [0.29, 0.717) is 5.92 Å². The topological polar surface area (TPSA) is 32.3 Å². The van der Waals surface area contributed by atoms with Crippen LogP contribution in [0.1, 0.15) is 30.4 Å². The summed E-state index contributed by atoms with van der Waals surface area (Å²) in [7, 11) is 1.83. The molecule has 1 aliphatic carbocycles. The Morgan fingerprint density at radius 3 is 2.90 bits per heavy atom. The predicted octanol–water partition coefficient (Wildman–Crippen LogP) is 2.88. The van der Waals surface area contributed by atoms with Gasteiger partial charge in [0.15, 0.2) is 0 Å². The van der Waals surface area contributed by atoms with Crippen LogP contribution >= 0.6 is 11.8 Å². The normalized spacial score (nSPS) is 22.9. The molecule has 2 atom stereocenters. The van der Waals surface area contributed by atoms with Gasteiger partial charge >= 0.3 is 0 Å². The number of rotatable bonds is 5. The molecule has 1 aromatic carbocycles. The van der Waals surface area contributed by atoms with E-state index >= 15 is 0 Å². The van der Waals surface area contributed by atoms with Crippen molar-refractivity contribution in [3.05, 3.63) is 29.3 Å². The average molecular weight is 295 g/mol. The fourth-order valence-corrected chi connectivity index (χ4v) is 4.52. The molecule has 1 aromatic rings. The fourth-order valence-electron chi connectivity index (χ4n) is 3.41. The molecule has 2 nitrogen and oxygen atoms in total. The number of fused-ring (bicyclic) bond motifs is 1. The zero-order valence-corrected chi connectivity index (χ0v) is 12.7. The number of likely N-dealkylation sites (N-methyl/N-ethyl adjacent to an activating group) is 1. The summed E-state index contributed by atoms with van der Waals surface area (Å²) in [5.74, 6) is 1.46. The maximum Gasteiger partial charge on any atom is 0.133 e. The van der Waals surface area contributed by atoms with Crippen molar-refractivity contribution >= 4 is 11.8 Å². The number of halogens is 1. The molecule has 0 amide bonds. The van der Waals surface area contributed by atoms with Crippen LogP contribution in [0.3, 0.4) is 0 Å². The smallest absolute Gasteiger partial charge is 0.133 e. The van der Waals surface area contributed by atoms with Crippen molar-refractivity contribution in [3.63, 3.8) is 0 Å². The Hall–Kier alpha value is -0.580. The summed E-state index contributed by atoms with van der Waals surface area (Å²) in [6.45, 7) is -0.738. The molecular weight excluding hydrogens is 273 g/mol. The Morgan fingerprint density at radius 1 is 1.50 bits per heavy atom. The third-order valence-corrected chi connectivity index (χ3v) is 5.95. The molecule has 20 heavy (non-hydrogen) atoms. The first-order chi connectivity index (χ1) is 9.69. The summed E-state index contributed by atoms with van der Waals surface area (Å²) in [5, 5.41) is 14.1. The third-order valence-electron chi connectivity index (χ3n) is 4.85. The van der Waals surface area contributed by atoms with Crippen LogP contribution in [0.25, 0.3) is 0 Å². The highest BCUT2D eigenvalue weighted by molar-refractivity contribution is 7.99. The standard InChI is InChI=1S/C16H22FNOS/c1-18-15(12-3-2-4-12)16(19,10-17)13-6-5-11-7-8-20-14(11)9-13/h5-6,9,12,15,18-19H,2-4,7-8,10H2,1H3. The lowest BCUT2D eigenvalue weighted by molar-refractivity contribution is -0.0533. The Bertz CT molecular complexity index is 491. The lowest BCUT2D eigenvalue weighted by Gasteiger charge is -2.43. The van der Waals surface area contributed by atoms with E-state index < -0.39 is 12.3 Å². The van der Waals surface area contributed by atoms with E-state index in [1.807, 2.05) is 19.2 Å². The van der Waals surface area contributed by atoms with Crippen LogP contribution in [0.5, 0.6) is 0 Å². The Kier molecular flexibility index (Phi) is 4.07. The number of hydrogen-bond acceptors (Lipinski definition) is 3. The summed E-state index contributed by atoms with van der Waals surface area (Å²) in [4.78, 5) is 1.21. The van der Waals surface area contributed by atoms with E-state index in [9.17, 15) is 9.50 Å². The van der Waals surface area contributed by atoms with Gasteiger partial charge in [0.2, 0.25) is 0 Å². The van der Waals surface area contributed by atoms with E-state index in [-0.39, 0.29) is 6.04 Å². The Morgan fingerprint density at radius 2 is 2.30 bits per heavy atom. The number of nitrogens with one attached hydrogen (secondary N) is 1. The van der Waals surface area contributed by atoms with E-state index in [2.05, 4.69) is 11.4 Å². The molecule has 0 saturated heterocycles. The van der Waals surface area contributed by atoms with Gasteiger partial charge in [0.05, 0.1) is 0 Å². The first kappa shape index (κ1) is 14.4. The van der Waals surface area contributed by atoms with Crippen LogP contribution in [0.15, 0.2) is 23.1 Å². The molecule has 0 spiro atoms. The van der Waals surface area contributed by atoms with Crippen molar-refractivity contribution in [2.75, 3.05) is 19.5 Å². The largest absolute Gasteiger partial charge is 0.381 e. The van der Waals surface area contributed by atoms with Crippen LogP contribution in [-0.4, -0.2) is 30.6 Å². The van der Waals surface area contributed by atoms with Crippen LogP contribution in [0.4, 0.5) is 4.39 Å². The van der Waals surface area contributed by atoms with Crippen molar-refractivity contribution < 1.29 is 9.50 Å². The van der Waals surface area contributed by atoms with E-state index in [1.54, 1.807) is 11.8 Å². The molecule has 3 rings (SSSR count). The van der Waals surface area contributed by atoms with Gasteiger partial charge in [0.25, 0.3) is 0 Å². The highest BCUT2D eigenvalue weighted by Gasteiger charge is 2.44. The summed E-state index contributed by atoms with van der Waals surface area (Å²) >= 11 is 1.80. The Balaban J connectivity index is 1.94. The summed E-state index contributed by atoms with van der Waals surface area (Å²) < 4.78 is 13.7. The number of hydrogen-bond donors (Lipinski definition) is 2. The number of aliphatic hydroxyl groups is 1. The second kappa shape index (κ2) is 5.66. The van der Waals surface area contributed by atoms with E-state index in [4.69, 9.17) is 0 Å². The molecule has 4 heteroatoms. The van der Waals surface area contributed by atoms with Crippen LogP contribution in [0, 0.1) is 5.92 Å². The molecule has 2 aliphatic rings. The first-order valence-corrected chi connectivity index (χ1v) is 8.39. The molecular formula is C16H22FNOS. The number of thioether (sulfide) groups is 1. The lowest BCUT2D eigenvalue weighted by Crippen LogP contribution is -2.54. The van der Waals surface area contributed by atoms with Gasteiger partial charge in [-0.3, -0.25) is 0 Å². The summed E-state index contributed by atoms with van der Waals surface area (Å²) in [5.41, 5.74) is 0.641. The van der Waals surface area contributed by atoms with Gasteiger partial charge in [-0.1, -0.05) is 18.6 Å². The highest BCUT2D eigenvalue weighted by atomic mass is 32.2. The Labute approximate surface area is 124 Å².